The van der Waals surface area contributed by atoms with Gasteiger partial charge in [0.25, 0.3) is 0 Å². The van der Waals surface area contributed by atoms with Crippen LogP contribution >= 0.6 is 0 Å². The molecule has 0 bridgehead atoms. The first-order valence-electron chi connectivity index (χ1n) is 6.06. The fourth-order valence-corrected chi connectivity index (χ4v) is 2.60. The first-order chi connectivity index (χ1) is 9.41. The summed E-state index contributed by atoms with van der Waals surface area (Å²) in [4.78, 5) is 11.5. The topological polar surface area (TPSA) is 81.1 Å². The van der Waals surface area contributed by atoms with Gasteiger partial charge in [-0.25, -0.2) is 13.1 Å². The summed E-state index contributed by atoms with van der Waals surface area (Å²) in [5.74, 6) is -0.124. The van der Waals surface area contributed by atoms with Crippen LogP contribution in [-0.2, 0) is 14.6 Å². The number of amides is 1. The number of nitrogens with one attached hydrogen (secondary N) is 1. The summed E-state index contributed by atoms with van der Waals surface area (Å²) in [7, 11) is -3.35. The minimum absolute atomic E-state index is 0.124. The van der Waals surface area contributed by atoms with Gasteiger partial charge < -0.3 is 5.32 Å². The van der Waals surface area contributed by atoms with Gasteiger partial charge >= 0.3 is 0 Å². The molecule has 7 heteroatoms. The lowest BCUT2D eigenvalue weighted by Crippen LogP contribution is -2.08. The second-order valence-corrected chi connectivity index (χ2v) is 6.30. The van der Waals surface area contributed by atoms with E-state index in [0.717, 1.165) is 6.26 Å². The molecule has 2 rings (SSSR count). The zero-order valence-corrected chi connectivity index (χ0v) is 12.0. The predicted octanol–water partition coefficient (Wildman–Crippen LogP) is 1.62. The average Bonchev–Trinajstić information content (AvgIpc) is 2.86. The van der Waals surface area contributed by atoms with Crippen molar-refractivity contribution < 1.29 is 13.2 Å². The van der Waals surface area contributed by atoms with Crippen LogP contribution in [0.15, 0.2) is 41.6 Å². The molecular formula is C13H15N3O3S. The molecule has 0 saturated heterocycles. The third kappa shape index (κ3) is 3.05. The van der Waals surface area contributed by atoms with Crippen molar-refractivity contribution in [2.75, 3.05) is 11.6 Å². The molecule has 1 N–H and O–H groups in total. The number of sulfone groups is 1. The quantitative estimate of drug-likeness (QED) is 0.929. The second kappa shape index (κ2) is 5.46. The number of carbonyl (C=O) groups excluding carboxylic acids is 1. The largest absolute Gasteiger partial charge is 0.323 e. The fraction of sp³-hybridized carbons (Fsp3) is 0.231. The van der Waals surface area contributed by atoms with E-state index in [9.17, 15) is 13.2 Å². The molecule has 2 aromatic rings. The molecule has 0 spiro atoms. The Bertz CT molecular complexity index is 735. The molecule has 0 radical (unpaired) electrons. The van der Waals surface area contributed by atoms with Crippen LogP contribution in [0.2, 0.25) is 0 Å². The number of aromatic nitrogens is 2. The van der Waals surface area contributed by atoms with E-state index < -0.39 is 9.84 Å². The maximum Gasteiger partial charge on any atom is 0.224 e. The number of carbonyl (C=O) groups is 1. The van der Waals surface area contributed by atoms with Crippen LogP contribution in [0.4, 0.5) is 5.69 Å². The molecule has 0 aliphatic carbocycles. The van der Waals surface area contributed by atoms with Crippen LogP contribution in [-0.4, -0.2) is 30.4 Å². The van der Waals surface area contributed by atoms with Crippen LogP contribution < -0.4 is 5.32 Å². The van der Waals surface area contributed by atoms with Crippen molar-refractivity contribution in [3.05, 3.63) is 36.7 Å². The minimum atomic E-state index is -3.35. The Labute approximate surface area is 117 Å². The minimum Gasteiger partial charge on any atom is -0.323 e. The monoisotopic (exact) mass is 293 g/mol. The first kappa shape index (κ1) is 14.3. The summed E-state index contributed by atoms with van der Waals surface area (Å²) in [6.45, 7) is 1.75. The zero-order valence-electron chi connectivity index (χ0n) is 11.2. The van der Waals surface area contributed by atoms with E-state index in [-0.39, 0.29) is 10.8 Å². The summed E-state index contributed by atoms with van der Waals surface area (Å²) in [5.41, 5.74) is 0.979. The third-order valence-electron chi connectivity index (χ3n) is 2.70. The Kier molecular flexibility index (Phi) is 3.89. The van der Waals surface area contributed by atoms with Gasteiger partial charge in [-0.05, 0) is 12.1 Å². The number of rotatable bonds is 4. The van der Waals surface area contributed by atoms with Gasteiger partial charge in [0.2, 0.25) is 5.91 Å². The molecule has 0 aliphatic heterocycles. The summed E-state index contributed by atoms with van der Waals surface area (Å²) in [5, 5.41) is 6.75. The van der Waals surface area contributed by atoms with Gasteiger partial charge in [0, 0.05) is 12.7 Å². The van der Waals surface area contributed by atoms with Gasteiger partial charge in [-0.3, -0.25) is 4.79 Å². The van der Waals surface area contributed by atoms with Crippen molar-refractivity contribution in [1.82, 2.24) is 9.78 Å². The highest BCUT2D eigenvalue weighted by atomic mass is 32.2. The molecule has 20 heavy (non-hydrogen) atoms. The highest BCUT2D eigenvalue weighted by Gasteiger charge is 2.14. The highest BCUT2D eigenvalue weighted by Crippen LogP contribution is 2.20. The molecule has 1 aromatic carbocycles. The standard InChI is InChI=1S/C13H15N3O3S/c1-3-13(17)15-10-8-14-16(9-10)11-6-4-5-7-12(11)20(2,18)19/h4-9H,3H2,1-2H3,(H,15,17). The molecule has 0 atom stereocenters. The molecule has 1 aromatic heterocycles. The molecule has 1 amide bonds. The smallest absolute Gasteiger partial charge is 0.224 e. The number of para-hydroxylation sites is 1. The average molecular weight is 293 g/mol. The maximum atomic E-state index is 11.7. The molecule has 1 heterocycles. The summed E-state index contributed by atoms with van der Waals surface area (Å²) >= 11 is 0. The van der Waals surface area contributed by atoms with Crippen LogP contribution in [0.5, 0.6) is 0 Å². The summed E-state index contributed by atoms with van der Waals surface area (Å²) < 4.78 is 24.9. The van der Waals surface area contributed by atoms with E-state index in [1.165, 1.54) is 16.9 Å². The molecule has 106 valence electrons. The molecular weight excluding hydrogens is 278 g/mol. The third-order valence-corrected chi connectivity index (χ3v) is 3.84. The van der Waals surface area contributed by atoms with Gasteiger partial charge in [-0.2, -0.15) is 5.10 Å². The van der Waals surface area contributed by atoms with Gasteiger partial charge in [-0.1, -0.05) is 19.1 Å². The molecule has 6 nitrogen and oxygen atoms in total. The molecule has 0 unspecified atom stereocenters. The van der Waals surface area contributed by atoms with Crippen LogP contribution in [0, 0.1) is 0 Å². The Hall–Kier alpha value is -2.15. The lowest BCUT2D eigenvalue weighted by Gasteiger charge is -2.07. The van der Waals surface area contributed by atoms with Crippen molar-refractivity contribution >= 4 is 21.4 Å². The first-order valence-corrected chi connectivity index (χ1v) is 7.95. The Morgan fingerprint density at radius 2 is 2.05 bits per heavy atom. The molecule has 0 fully saturated rings. The molecule has 0 aliphatic rings. The SMILES string of the molecule is CCC(=O)Nc1cnn(-c2ccccc2S(C)(=O)=O)c1. The van der Waals surface area contributed by atoms with Crippen LogP contribution in [0.25, 0.3) is 5.69 Å². The van der Waals surface area contributed by atoms with E-state index in [1.54, 1.807) is 31.3 Å². The lowest BCUT2D eigenvalue weighted by molar-refractivity contribution is -0.115. The zero-order chi connectivity index (χ0) is 14.8. The Balaban J connectivity index is 2.41. The Morgan fingerprint density at radius 3 is 2.70 bits per heavy atom. The van der Waals surface area contributed by atoms with Crippen molar-refractivity contribution in [1.29, 1.82) is 0 Å². The highest BCUT2D eigenvalue weighted by molar-refractivity contribution is 7.90. The van der Waals surface area contributed by atoms with Crippen LogP contribution in [0.3, 0.4) is 0 Å². The van der Waals surface area contributed by atoms with Gasteiger partial charge in [0.15, 0.2) is 9.84 Å². The predicted molar refractivity (Wildman–Crippen MR) is 75.6 cm³/mol. The van der Waals surface area contributed by atoms with Crippen LogP contribution in [0.1, 0.15) is 13.3 Å². The van der Waals surface area contributed by atoms with E-state index in [4.69, 9.17) is 0 Å². The molecule has 0 saturated carbocycles. The maximum absolute atomic E-state index is 11.7. The number of hydrogen-bond acceptors (Lipinski definition) is 4. The second-order valence-electron chi connectivity index (χ2n) is 4.32. The van der Waals surface area contributed by atoms with Crippen molar-refractivity contribution in [3.8, 4) is 5.69 Å². The van der Waals surface area contributed by atoms with E-state index in [2.05, 4.69) is 10.4 Å². The fourth-order valence-electron chi connectivity index (χ4n) is 1.73. The van der Waals surface area contributed by atoms with Crippen molar-refractivity contribution in [2.24, 2.45) is 0 Å². The van der Waals surface area contributed by atoms with Crippen molar-refractivity contribution in [3.63, 3.8) is 0 Å². The van der Waals surface area contributed by atoms with E-state index in [1.807, 2.05) is 0 Å². The van der Waals surface area contributed by atoms with Gasteiger partial charge in [0.1, 0.15) is 0 Å². The van der Waals surface area contributed by atoms with E-state index in [0.29, 0.717) is 17.8 Å². The summed E-state index contributed by atoms with van der Waals surface area (Å²) in [6, 6.07) is 6.57. The number of benzene rings is 1. The van der Waals surface area contributed by atoms with Gasteiger partial charge in [-0.15, -0.1) is 0 Å². The Morgan fingerprint density at radius 1 is 1.35 bits per heavy atom. The van der Waals surface area contributed by atoms with Gasteiger partial charge in [0.05, 0.1) is 28.7 Å². The number of hydrogen-bond donors (Lipinski definition) is 1. The number of nitrogens with zero attached hydrogens (tertiary/aromatic N) is 2. The normalized spacial score (nSPS) is 11.3. The number of anilines is 1. The summed E-state index contributed by atoms with van der Waals surface area (Å²) in [6.07, 6.45) is 4.57. The lowest BCUT2D eigenvalue weighted by atomic mass is 10.3. The van der Waals surface area contributed by atoms with E-state index >= 15 is 0 Å². The van der Waals surface area contributed by atoms with Crippen molar-refractivity contribution in [2.45, 2.75) is 18.2 Å².